The first-order chi connectivity index (χ1) is 31.1. The quantitative estimate of drug-likeness (QED) is 0.0746. The van der Waals surface area contributed by atoms with E-state index in [1.54, 1.807) is 35.2 Å². The molecule has 11 nitrogen and oxygen atoms in total. The van der Waals surface area contributed by atoms with E-state index in [0.29, 0.717) is 82.3 Å². The number of hydrogen-bond donors (Lipinski definition) is 1. The third-order valence-corrected chi connectivity index (χ3v) is 21.6. The average molecular weight is 914 g/mol. The number of rotatable bonds is 14. The first kappa shape index (κ1) is 45.5. The van der Waals surface area contributed by atoms with Crippen LogP contribution in [0.5, 0.6) is 11.8 Å². The minimum atomic E-state index is -2.33. The lowest BCUT2D eigenvalue weighted by atomic mass is 9.92. The van der Waals surface area contributed by atoms with Crippen LogP contribution in [-0.2, 0) is 9.47 Å². The highest BCUT2D eigenvalue weighted by atomic mass is 28.3. The number of carboxylic acid groups (broad SMARTS) is 1. The second-order valence-electron chi connectivity index (χ2n) is 20.2. The van der Waals surface area contributed by atoms with Gasteiger partial charge in [0.05, 0.1) is 35.4 Å². The molecule has 3 aromatic carbocycles. The van der Waals surface area contributed by atoms with E-state index in [4.69, 9.17) is 28.9 Å². The maximum absolute atomic E-state index is 18.0. The molecule has 1 N–H and O–H groups in total. The van der Waals surface area contributed by atoms with Crippen molar-refractivity contribution in [2.75, 3.05) is 58.2 Å². The number of aromatic nitrogens is 2. The molecule has 15 heteroatoms. The number of anilines is 1. The Hall–Kier alpha value is -4.62. The van der Waals surface area contributed by atoms with Gasteiger partial charge in [-0.3, -0.25) is 9.80 Å². The van der Waals surface area contributed by atoms with Crippen molar-refractivity contribution in [3.05, 3.63) is 53.6 Å². The first-order valence-corrected chi connectivity index (χ1v) is 25.7. The summed E-state index contributed by atoms with van der Waals surface area (Å²) in [4.78, 5) is 28.3. The fourth-order valence-corrected chi connectivity index (χ4v) is 17.3. The van der Waals surface area contributed by atoms with Crippen molar-refractivity contribution < 1.29 is 42.0 Å². The molecular formula is C50H62F3N5O6Si. The normalized spacial score (nSPS) is 24.4. The minimum Gasteiger partial charge on any atom is -0.468 e. The molecule has 1 saturated carbocycles. The van der Waals surface area contributed by atoms with Crippen molar-refractivity contribution in [1.82, 2.24) is 19.8 Å². The minimum absolute atomic E-state index is 0.0133. The topological polar surface area (TPSA) is 110 Å². The summed E-state index contributed by atoms with van der Waals surface area (Å²) in [6, 6.07) is 9.60. The second-order valence-corrected chi connectivity index (χ2v) is 25.7. The highest BCUT2D eigenvalue weighted by molar-refractivity contribution is 6.90. The number of hydrogen-bond acceptors (Lipinski definition) is 9. The summed E-state index contributed by atoms with van der Waals surface area (Å²) in [6.07, 6.45) is 3.34. The zero-order chi connectivity index (χ0) is 46.0. The summed E-state index contributed by atoms with van der Waals surface area (Å²) in [7, 11) is -0.814. The van der Waals surface area contributed by atoms with Crippen LogP contribution in [0.2, 0.25) is 16.6 Å². The summed E-state index contributed by atoms with van der Waals surface area (Å²) >= 11 is 0. The lowest BCUT2D eigenvalue weighted by molar-refractivity contribution is -0.00518. The number of halogens is 3. The monoisotopic (exact) mass is 913 g/mol. The van der Waals surface area contributed by atoms with E-state index < -0.39 is 43.1 Å². The summed E-state index contributed by atoms with van der Waals surface area (Å²) in [5.41, 5.74) is 3.94. The number of methoxy groups -OCH3 is 1. The standard InChI is InChI=1S/C50H62F3N5O6Si/c1-30(2)65(31(3)4,32(5)6)20-16-39-42(52)14-9-33-21-37(64-29-61-7)22-41(43(33)39)38-12-13-40-45(44(38)53)54-47(63-27-49-17-8-19-57(49)24-34(51)23-49)55-46(40)56-25-35-15-18-50(26-56,58(35)48(59)60)28-62-36-10-11-36/h9,12-14,21-22,30-32,34-36H,8,10-11,15,17-19,23-29H2,1-7H3,(H,59,60)/t34-,35+,49+,50-/m1/s1. The van der Waals surface area contributed by atoms with Crippen molar-refractivity contribution in [2.45, 2.75) is 133 Å². The predicted octanol–water partition coefficient (Wildman–Crippen LogP) is 10.1. The van der Waals surface area contributed by atoms with Crippen molar-refractivity contribution in [3.63, 3.8) is 0 Å². The zero-order valence-corrected chi connectivity index (χ0v) is 39.7. The number of alkyl halides is 1. The number of carbonyl (C=O) groups is 1. The van der Waals surface area contributed by atoms with Gasteiger partial charge in [0.15, 0.2) is 12.6 Å². The van der Waals surface area contributed by atoms with Crippen LogP contribution in [0.4, 0.5) is 23.8 Å². The molecule has 0 spiro atoms. The van der Waals surface area contributed by atoms with E-state index in [0.717, 1.165) is 32.2 Å². The maximum atomic E-state index is 18.0. The highest BCUT2D eigenvalue weighted by Crippen LogP contribution is 2.47. The summed E-state index contributed by atoms with van der Waals surface area (Å²) in [6.45, 7) is 15.3. The van der Waals surface area contributed by atoms with Gasteiger partial charge in [0, 0.05) is 49.5 Å². The first-order valence-electron chi connectivity index (χ1n) is 23.4. The van der Waals surface area contributed by atoms with Gasteiger partial charge in [0.2, 0.25) is 0 Å². The Kier molecular flexibility index (Phi) is 12.3. The molecule has 9 rings (SSSR count). The Labute approximate surface area is 381 Å². The van der Waals surface area contributed by atoms with Crippen LogP contribution in [0.1, 0.15) is 92.1 Å². The van der Waals surface area contributed by atoms with Gasteiger partial charge in [-0.1, -0.05) is 59.6 Å². The molecule has 5 aliphatic rings. The highest BCUT2D eigenvalue weighted by Gasteiger charge is 2.55. The fraction of sp³-hybridized carbons (Fsp3) is 0.580. The molecule has 0 radical (unpaired) electrons. The van der Waals surface area contributed by atoms with E-state index in [9.17, 15) is 14.3 Å². The Morgan fingerprint density at radius 3 is 2.42 bits per heavy atom. The van der Waals surface area contributed by atoms with Gasteiger partial charge in [-0.15, -0.1) is 5.54 Å². The molecule has 2 bridgehead atoms. The number of piperazine rings is 1. The molecule has 1 aliphatic carbocycles. The van der Waals surface area contributed by atoms with Crippen molar-refractivity contribution in [2.24, 2.45) is 0 Å². The number of ether oxygens (including phenoxy) is 4. The van der Waals surface area contributed by atoms with Gasteiger partial charge in [-0.05, 0) is 96.9 Å². The van der Waals surface area contributed by atoms with Crippen LogP contribution >= 0.6 is 0 Å². The van der Waals surface area contributed by atoms with Crippen LogP contribution in [-0.4, -0.2) is 122 Å². The van der Waals surface area contributed by atoms with Crippen LogP contribution in [0, 0.1) is 23.1 Å². The lowest BCUT2D eigenvalue weighted by Gasteiger charge is -2.48. The Bertz CT molecular complexity index is 2530. The van der Waals surface area contributed by atoms with Crippen LogP contribution in [0.25, 0.3) is 32.8 Å². The third kappa shape index (κ3) is 8.10. The number of nitrogens with zero attached hydrogens (tertiary/aromatic N) is 5. The van der Waals surface area contributed by atoms with Gasteiger partial charge in [-0.25, -0.2) is 18.0 Å². The van der Waals surface area contributed by atoms with Crippen LogP contribution in [0.3, 0.4) is 0 Å². The van der Waals surface area contributed by atoms with Crippen LogP contribution < -0.4 is 14.4 Å². The molecule has 1 aromatic heterocycles. The van der Waals surface area contributed by atoms with E-state index >= 15 is 8.78 Å². The molecule has 0 unspecified atom stereocenters. The zero-order valence-electron chi connectivity index (χ0n) is 38.7. The molecule has 348 valence electrons. The van der Waals surface area contributed by atoms with Crippen molar-refractivity contribution >= 4 is 41.7 Å². The molecule has 65 heavy (non-hydrogen) atoms. The Morgan fingerprint density at radius 2 is 1.71 bits per heavy atom. The SMILES string of the molecule is COCOc1cc(-c2ccc3c(N4C[C@@H]5CC[C@](COC6CC6)(C4)N5C(=O)O)nc(OC[C@@]45CCCN4C[C@H](F)C5)nc3c2F)c2c(C#C[Si](C(C)C)(C(C)C)C(C)C)c(F)ccc2c1. The summed E-state index contributed by atoms with van der Waals surface area (Å²) in [5.74, 6) is 2.99. The van der Waals surface area contributed by atoms with Crippen molar-refractivity contribution in [1.29, 1.82) is 0 Å². The van der Waals surface area contributed by atoms with Gasteiger partial charge in [0.25, 0.3) is 0 Å². The van der Waals surface area contributed by atoms with Gasteiger partial charge >= 0.3 is 12.1 Å². The molecule has 4 atom stereocenters. The molecule has 4 aromatic rings. The average Bonchev–Trinajstić information content (AvgIpc) is 3.87. The smallest absolute Gasteiger partial charge is 0.408 e. The summed E-state index contributed by atoms with van der Waals surface area (Å²) in [5, 5.41) is 12.0. The molecule has 4 saturated heterocycles. The van der Waals surface area contributed by atoms with Crippen molar-refractivity contribution in [3.8, 4) is 34.4 Å². The van der Waals surface area contributed by atoms with Gasteiger partial charge in [-0.2, -0.15) is 9.97 Å². The number of amides is 1. The lowest BCUT2D eigenvalue weighted by Crippen LogP contribution is -2.65. The van der Waals surface area contributed by atoms with Gasteiger partial charge in [0.1, 0.15) is 43.8 Å². The second kappa shape index (κ2) is 17.6. The van der Waals surface area contributed by atoms with E-state index in [2.05, 4.69) is 57.9 Å². The molecule has 5 heterocycles. The van der Waals surface area contributed by atoms with E-state index in [1.165, 1.54) is 13.2 Å². The summed E-state index contributed by atoms with van der Waals surface area (Å²) < 4.78 is 73.3. The number of fused-ring (bicyclic) bond motifs is 5. The molecular weight excluding hydrogens is 852 g/mol. The predicted molar refractivity (Wildman–Crippen MR) is 248 cm³/mol. The maximum Gasteiger partial charge on any atom is 0.408 e. The van der Waals surface area contributed by atoms with E-state index in [1.807, 2.05) is 4.90 Å². The fourth-order valence-electron chi connectivity index (χ4n) is 12.1. The molecule has 1 amide bonds. The molecule has 5 fully saturated rings. The Balaban J connectivity index is 1.22. The largest absolute Gasteiger partial charge is 0.468 e. The molecule has 4 aliphatic heterocycles. The van der Waals surface area contributed by atoms with Crippen LogP contribution in [0.15, 0.2) is 36.4 Å². The Morgan fingerprint density at radius 1 is 0.938 bits per heavy atom. The van der Waals surface area contributed by atoms with E-state index in [-0.39, 0.29) is 61.4 Å². The third-order valence-electron chi connectivity index (χ3n) is 15.3. The number of benzene rings is 3. The van der Waals surface area contributed by atoms with Gasteiger partial charge < -0.3 is 29.0 Å².